The summed E-state index contributed by atoms with van der Waals surface area (Å²) in [5.74, 6) is -0.513. The van der Waals surface area contributed by atoms with Gasteiger partial charge in [0.25, 0.3) is 0 Å². The zero-order valence-corrected chi connectivity index (χ0v) is 11.2. The van der Waals surface area contributed by atoms with Gasteiger partial charge >= 0.3 is 5.97 Å². The van der Waals surface area contributed by atoms with Crippen molar-refractivity contribution < 1.29 is 14.4 Å². The number of hydrogen-bond acceptors (Lipinski definition) is 3. The molecule has 2 aromatic rings. The van der Waals surface area contributed by atoms with Gasteiger partial charge in [-0.3, -0.25) is 0 Å². The second-order valence-electron chi connectivity index (χ2n) is 4.45. The molecule has 1 heterocycles. The van der Waals surface area contributed by atoms with Crippen LogP contribution in [0.15, 0.2) is 22.7 Å². The molecule has 1 aliphatic rings. The number of carboxylic acids is 1. The van der Waals surface area contributed by atoms with Crippen LogP contribution in [0, 0.1) is 0 Å². The van der Waals surface area contributed by atoms with Crippen LogP contribution in [0.2, 0.25) is 10.0 Å². The van der Waals surface area contributed by atoms with Crippen molar-refractivity contribution in [2.45, 2.75) is 18.8 Å². The highest BCUT2D eigenvalue weighted by Gasteiger charge is 2.36. The molecule has 98 valence electrons. The fourth-order valence-corrected chi connectivity index (χ4v) is 2.60. The van der Waals surface area contributed by atoms with Crippen molar-refractivity contribution in [3.8, 4) is 11.3 Å². The lowest BCUT2D eigenvalue weighted by atomic mass is 10.0. The molecule has 19 heavy (non-hydrogen) atoms. The second kappa shape index (κ2) is 4.54. The Balaban J connectivity index is 2.23. The van der Waals surface area contributed by atoms with Gasteiger partial charge in [-0.15, -0.1) is 0 Å². The fraction of sp³-hybridized carbons (Fsp3) is 0.231. The lowest BCUT2D eigenvalue weighted by Gasteiger charge is -2.04. The zero-order valence-electron chi connectivity index (χ0n) is 9.69. The van der Waals surface area contributed by atoms with Gasteiger partial charge in [-0.05, 0) is 25.0 Å². The summed E-state index contributed by atoms with van der Waals surface area (Å²) in [6.07, 6.45) is 1.84. The molecule has 1 saturated carbocycles. The Morgan fingerprint density at radius 3 is 2.47 bits per heavy atom. The number of carbonyl (C=O) groups is 1. The normalized spacial score (nSPS) is 14.6. The molecule has 0 radical (unpaired) electrons. The van der Waals surface area contributed by atoms with Gasteiger partial charge in [0.2, 0.25) is 0 Å². The predicted octanol–water partition coefficient (Wildman–Crippen LogP) is 4.22. The summed E-state index contributed by atoms with van der Waals surface area (Å²) in [6.45, 7) is 0. The topological polar surface area (TPSA) is 63.3 Å². The third kappa shape index (κ3) is 2.11. The Morgan fingerprint density at radius 2 is 1.95 bits per heavy atom. The highest BCUT2D eigenvalue weighted by molar-refractivity contribution is 6.39. The van der Waals surface area contributed by atoms with Crippen LogP contribution in [0.4, 0.5) is 0 Å². The van der Waals surface area contributed by atoms with Crippen LogP contribution in [0.25, 0.3) is 11.3 Å². The van der Waals surface area contributed by atoms with Crippen molar-refractivity contribution in [3.63, 3.8) is 0 Å². The van der Waals surface area contributed by atoms with Crippen LogP contribution in [-0.4, -0.2) is 16.2 Å². The van der Waals surface area contributed by atoms with Gasteiger partial charge in [0.05, 0.1) is 10.0 Å². The zero-order chi connectivity index (χ0) is 13.6. The molecule has 1 aromatic heterocycles. The molecule has 0 aliphatic heterocycles. The van der Waals surface area contributed by atoms with Crippen molar-refractivity contribution in [1.82, 2.24) is 5.16 Å². The van der Waals surface area contributed by atoms with Gasteiger partial charge in [0.1, 0.15) is 11.3 Å². The minimum atomic E-state index is -1.07. The van der Waals surface area contributed by atoms with Gasteiger partial charge in [-0.1, -0.05) is 34.4 Å². The Bertz CT molecular complexity index is 642. The summed E-state index contributed by atoms with van der Waals surface area (Å²) in [7, 11) is 0. The van der Waals surface area contributed by atoms with Crippen molar-refractivity contribution in [3.05, 3.63) is 39.6 Å². The first-order valence-electron chi connectivity index (χ1n) is 5.77. The van der Waals surface area contributed by atoms with Gasteiger partial charge < -0.3 is 9.63 Å². The minimum Gasteiger partial charge on any atom is -0.477 e. The maximum atomic E-state index is 11.4. The van der Waals surface area contributed by atoms with Gasteiger partial charge in [0.15, 0.2) is 5.76 Å². The molecular formula is C13H9Cl2NO3. The first-order chi connectivity index (χ1) is 9.09. The Kier molecular flexibility index (Phi) is 2.99. The molecule has 1 aromatic carbocycles. The van der Waals surface area contributed by atoms with Crippen LogP contribution in [0.5, 0.6) is 0 Å². The first-order valence-corrected chi connectivity index (χ1v) is 6.52. The molecule has 0 saturated heterocycles. The number of rotatable bonds is 3. The summed E-state index contributed by atoms with van der Waals surface area (Å²) in [6, 6.07) is 4.97. The van der Waals surface area contributed by atoms with Crippen molar-refractivity contribution in [1.29, 1.82) is 0 Å². The van der Waals surface area contributed by atoms with E-state index in [1.165, 1.54) is 0 Å². The van der Waals surface area contributed by atoms with Crippen LogP contribution < -0.4 is 0 Å². The average Bonchev–Trinajstić information content (AvgIpc) is 3.09. The van der Waals surface area contributed by atoms with Crippen molar-refractivity contribution in [2.24, 2.45) is 0 Å². The van der Waals surface area contributed by atoms with Crippen molar-refractivity contribution in [2.75, 3.05) is 0 Å². The summed E-state index contributed by atoms with van der Waals surface area (Å²) in [4.78, 5) is 11.4. The summed E-state index contributed by atoms with van der Waals surface area (Å²) >= 11 is 12.2. The number of hydrogen-bond donors (Lipinski definition) is 1. The third-order valence-electron chi connectivity index (χ3n) is 3.08. The largest absolute Gasteiger partial charge is 0.477 e. The monoisotopic (exact) mass is 297 g/mol. The van der Waals surface area contributed by atoms with Crippen LogP contribution in [0.1, 0.15) is 34.9 Å². The lowest BCUT2D eigenvalue weighted by molar-refractivity contribution is 0.0695. The van der Waals surface area contributed by atoms with Gasteiger partial charge in [0, 0.05) is 11.5 Å². The van der Waals surface area contributed by atoms with E-state index in [1.807, 2.05) is 0 Å². The third-order valence-corrected chi connectivity index (χ3v) is 3.71. The van der Waals surface area contributed by atoms with Crippen molar-refractivity contribution >= 4 is 29.2 Å². The van der Waals surface area contributed by atoms with E-state index >= 15 is 0 Å². The predicted molar refractivity (Wildman–Crippen MR) is 70.9 cm³/mol. The highest BCUT2D eigenvalue weighted by Crippen LogP contribution is 2.45. The molecule has 0 amide bonds. The average molecular weight is 298 g/mol. The fourth-order valence-electron chi connectivity index (χ4n) is 2.03. The molecule has 6 heteroatoms. The van der Waals surface area contributed by atoms with E-state index < -0.39 is 5.97 Å². The van der Waals surface area contributed by atoms with E-state index in [4.69, 9.17) is 27.7 Å². The quantitative estimate of drug-likeness (QED) is 0.921. The molecule has 0 spiro atoms. The van der Waals surface area contributed by atoms with E-state index in [9.17, 15) is 9.90 Å². The van der Waals surface area contributed by atoms with Crippen LogP contribution in [-0.2, 0) is 0 Å². The van der Waals surface area contributed by atoms with E-state index in [2.05, 4.69) is 5.16 Å². The molecule has 1 fully saturated rings. The number of halogens is 2. The number of aromatic carboxylic acids is 1. The standard InChI is InChI=1S/C13H9Cl2NO3/c14-7-2-1-3-8(15)9(7)11-10(13(17)18)12(19-16-11)6-4-5-6/h1-3,6H,4-5H2,(H,17,18). The Hall–Kier alpha value is -1.52. The summed E-state index contributed by atoms with van der Waals surface area (Å²) < 4.78 is 5.20. The highest BCUT2D eigenvalue weighted by atomic mass is 35.5. The van der Waals surface area contributed by atoms with Crippen LogP contribution in [0.3, 0.4) is 0 Å². The molecule has 3 rings (SSSR count). The molecule has 0 bridgehead atoms. The number of benzene rings is 1. The maximum absolute atomic E-state index is 11.4. The number of carboxylic acid groups (broad SMARTS) is 1. The van der Waals surface area contributed by atoms with Crippen LogP contribution >= 0.6 is 23.2 Å². The minimum absolute atomic E-state index is 0.0671. The van der Waals surface area contributed by atoms with E-state index in [0.717, 1.165) is 12.8 Å². The molecule has 4 nitrogen and oxygen atoms in total. The smallest absolute Gasteiger partial charge is 0.341 e. The molecule has 0 unspecified atom stereocenters. The second-order valence-corrected chi connectivity index (χ2v) is 5.26. The first kappa shape index (κ1) is 12.5. The maximum Gasteiger partial charge on any atom is 0.341 e. The van der Waals surface area contributed by atoms with Gasteiger partial charge in [-0.2, -0.15) is 0 Å². The number of aromatic nitrogens is 1. The van der Waals surface area contributed by atoms with E-state index in [-0.39, 0.29) is 17.2 Å². The van der Waals surface area contributed by atoms with E-state index in [0.29, 0.717) is 21.4 Å². The number of nitrogens with zero attached hydrogens (tertiary/aromatic N) is 1. The SMILES string of the molecule is O=C(O)c1c(-c2c(Cl)cccc2Cl)noc1C1CC1. The molecular weight excluding hydrogens is 289 g/mol. The molecule has 0 atom stereocenters. The molecule has 1 N–H and O–H groups in total. The Labute approximate surface area is 118 Å². The van der Waals surface area contributed by atoms with E-state index in [1.54, 1.807) is 18.2 Å². The Morgan fingerprint density at radius 1 is 1.32 bits per heavy atom. The summed E-state index contributed by atoms with van der Waals surface area (Å²) in [5, 5.41) is 13.9. The summed E-state index contributed by atoms with van der Waals surface area (Å²) in [5.41, 5.74) is 0.668. The van der Waals surface area contributed by atoms with Gasteiger partial charge in [-0.25, -0.2) is 4.79 Å². The lowest BCUT2D eigenvalue weighted by Crippen LogP contribution is -2.01. The molecule has 1 aliphatic carbocycles.